The van der Waals surface area contributed by atoms with Crippen LogP contribution in [0.4, 0.5) is 5.82 Å². The Labute approximate surface area is 164 Å². The predicted octanol–water partition coefficient (Wildman–Crippen LogP) is 3.64. The van der Waals surface area contributed by atoms with Crippen molar-refractivity contribution >= 4 is 28.2 Å². The Morgan fingerprint density at radius 3 is 2.52 bits per heavy atom. The summed E-state index contributed by atoms with van der Waals surface area (Å²) in [5.74, 6) is 0.783. The van der Waals surface area contributed by atoms with Gasteiger partial charge in [-0.15, -0.1) is 5.10 Å². The fourth-order valence-corrected chi connectivity index (χ4v) is 3.58. The third-order valence-corrected chi connectivity index (χ3v) is 5.34. The molecule has 2 heterocycles. The number of halogens is 1. The van der Waals surface area contributed by atoms with Crippen molar-refractivity contribution in [2.24, 2.45) is 0 Å². The zero-order valence-electron chi connectivity index (χ0n) is 15.5. The van der Waals surface area contributed by atoms with Crippen LogP contribution in [0.25, 0.3) is 10.8 Å². The first-order chi connectivity index (χ1) is 13.2. The molecule has 0 radical (unpaired) electrons. The first kappa shape index (κ1) is 18.2. The summed E-state index contributed by atoms with van der Waals surface area (Å²) in [7, 11) is 2.19. The maximum atomic E-state index is 6.06. The van der Waals surface area contributed by atoms with Gasteiger partial charge in [-0.2, -0.15) is 5.10 Å². The van der Waals surface area contributed by atoms with E-state index in [1.54, 1.807) is 6.20 Å². The summed E-state index contributed by atoms with van der Waals surface area (Å²) in [6, 6.07) is 14.6. The Morgan fingerprint density at radius 2 is 1.74 bits per heavy atom. The second kappa shape index (κ2) is 8.21. The van der Waals surface area contributed by atoms with Crippen LogP contribution in [0.2, 0.25) is 5.02 Å². The van der Waals surface area contributed by atoms with Gasteiger partial charge in [-0.05, 0) is 36.4 Å². The second-order valence-corrected chi connectivity index (χ2v) is 7.61. The lowest BCUT2D eigenvalue weighted by molar-refractivity contribution is 0.148. The zero-order chi connectivity index (χ0) is 18.6. The maximum Gasteiger partial charge on any atom is 0.156 e. The largest absolute Gasteiger partial charge is 0.364 e. The van der Waals surface area contributed by atoms with Crippen LogP contribution in [-0.4, -0.2) is 53.2 Å². The van der Waals surface area contributed by atoms with E-state index in [-0.39, 0.29) is 0 Å². The second-order valence-electron chi connectivity index (χ2n) is 7.17. The van der Waals surface area contributed by atoms with Gasteiger partial charge in [0.05, 0.1) is 6.20 Å². The molecule has 0 amide bonds. The number of rotatable bonds is 5. The highest BCUT2D eigenvalue weighted by atomic mass is 35.5. The van der Waals surface area contributed by atoms with Crippen molar-refractivity contribution in [2.75, 3.05) is 38.5 Å². The van der Waals surface area contributed by atoms with Crippen molar-refractivity contribution < 1.29 is 0 Å². The van der Waals surface area contributed by atoms with Crippen LogP contribution in [0.3, 0.4) is 0 Å². The average Bonchev–Trinajstić information content (AvgIpc) is 2.69. The Bertz CT molecular complexity index is 904. The highest BCUT2D eigenvalue weighted by Gasteiger charge is 2.13. The average molecular weight is 382 g/mol. The van der Waals surface area contributed by atoms with Crippen LogP contribution in [0.5, 0.6) is 0 Å². The molecule has 0 bridgehead atoms. The Hall–Kier alpha value is -2.21. The lowest BCUT2D eigenvalue weighted by atomic mass is 10.1. The van der Waals surface area contributed by atoms with Gasteiger partial charge in [0.15, 0.2) is 5.82 Å². The van der Waals surface area contributed by atoms with Crippen LogP contribution in [0, 0.1) is 0 Å². The molecule has 1 N–H and O–H groups in total. The molecule has 4 rings (SSSR count). The third-order valence-electron chi connectivity index (χ3n) is 5.11. The molecular weight excluding hydrogens is 358 g/mol. The van der Waals surface area contributed by atoms with Gasteiger partial charge in [0.25, 0.3) is 0 Å². The van der Waals surface area contributed by atoms with Gasteiger partial charge < -0.3 is 10.2 Å². The maximum absolute atomic E-state index is 6.06. The lowest BCUT2D eigenvalue weighted by Crippen LogP contribution is -2.43. The minimum absolute atomic E-state index is 0.706. The molecule has 6 heteroatoms. The number of aromatic nitrogens is 2. The normalized spacial score (nSPS) is 15.9. The Morgan fingerprint density at radius 1 is 1.00 bits per heavy atom. The van der Waals surface area contributed by atoms with E-state index in [1.807, 2.05) is 18.2 Å². The van der Waals surface area contributed by atoms with Gasteiger partial charge in [0.1, 0.15) is 0 Å². The van der Waals surface area contributed by atoms with Crippen molar-refractivity contribution in [3.8, 4) is 0 Å². The lowest BCUT2D eigenvalue weighted by Gasteiger charge is -2.32. The summed E-state index contributed by atoms with van der Waals surface area (Å²) in [5.41, 5.74) is 2.59. The SMILES string of the molecule is CN1CCN(Cc2ccc(CNc3nncc4cc(Cl)ccc34)cc2)CC1. The molecule has 0 spiro atoms. The molecule has 1 fully saturated rings. The molecule has 0 aliphatic carbocycles. The number of hydrogen-bond acceptors (Lipinski definition) is 5. The fourth-order valence-electron chi connectivity index (χ4n) is 3.40. The number of nitrogens with zero attached hydrogens (tertiary/aromatic N) is 4. The van der Waals surface area contributed by atoms with E-state index in [9.17, 15) is 0 Å². The fraction of sp³-hybridized carbons (Fsp3) is 0.333. The van der Waals surface area contributed by atoms with Gasteiger partial charge in [-0.1, -0.05) is 35.9 Å². The molecule has 0 atom stereocenters. The quantitative estimate of drug-likeness (QED) is 0.731. The molecule has 27 heavy (non-hydrogen) atoms. The van der Waals surface area contributed by atoms with E-state index in [1.165, 1.54) is 11.1 Å². The predicted molar refractivity (Wildman–Crippen MR) is 111 cm³/mol. The first-order valence-electron chi connectivity index (χ1n) is 9.31. The van der Waals surface area contributed by atoms with Crippen molar-refractivity contribution in [2.45, 2.75) is 13.1 Å². The first-order valence-corrected chi connectivity index (χ1v) is 9.69. The van der Waals surface area contributed by atoms with Gasteiger partial charge in [-0.3, -0.25) is 4.90 Å². The van der Waals surface area contributed by atoms with E-state index >= 15 is 0 Å². The Balaban J connectivity index is 1.38. The highest BCUT2D eigenvalue weighted by molar-refractivity contribution is 6.31. The van der Waals surface area contributed by atoms with Crippen molar-refractivity contribution in [1.29, 1.82) is 0 Å². The summed E-state index contributed by atoms with van der Waals surface area (Å²) in [4.78, 5) is 4.90. The summed E-state index contributed by atoms with van der Waals surface area (Å²) < 4.78 is 0. The minimum Gasteiger partial charge on any atom is -0.364 e. The molecule has 3 aromatic rings. The summed E-state index contributed by atoms with van der Waals surface area (Å²) in [5, 5.41) is 14.4. The van der Waals surface area contributed by atoms with E-state index in [0.717, 1.165) is 49.3 Å². The van der Waals surface area contributed by atoms with Crippen LogP contribution in [-0.2, 0) is 13.1 Å². The molecule has 1 aliphatic rings. The molecular formula is C21H24ClN5. The number of likely N-dealkylation sites (N-methyl/N-ethyl adjacent to an activating group) is 1. The molecule has 5 nitrogen and oxygen atoms in total. The summed E-state index contributed by atoms with van der Waals surface area (Å²) in [6.45, 7) is 6.33. The molecule has 2 aromatic carbocycles. The van der Waals surface area contributed by atoms with Crippen molar-refractivity contribution in [3.05, 3.63) is 64.8 Å². The molecule has 0 saturated carbocycles. The monoisotopic (exact) mass is 381 g/mol. The van der Waals surface area contributed by atoms with Crippen LogP contribution in [0.1, 0.15) is 11.1 Å². The van der Waals surface area contributed by atoms with Gasteiger partial charge in [0.2, 0.25) is 0 Å². The molecule has 140 valence electrons. The summed E-state index contributed by atoms with van der Waals surface area (Å²) >= 11 is 6.06. The Kier molecular flexibility index (Phi) is 5.53. The minimum atomic E-state index is 0.706. The highest BCUT2D eigenvalue weighted by Crippen LogP contribution is 2.23. The van der Waals surface area contributed by atoms with Crippen LogP contribution >= 0.6 is 11.6 Å². The third kappa shape index (κ3) is 4.56. The number of piperazine rings is 1. The zero-order valence-corrected chi connectivity index (χ0v) is 16.3. The molecule has 1 saturated heterocycles. The van der Waals surface area contributed by atoms with Gasteiger partial charge in [0, 0.05) is 55.1 Å². The number of fused-ring (bicyclic) bond motifs is 1. The molecule has 1 aliphatic heterocycles. The van der Waals surface area contributed by atoms with Gasteiger partial charge in [-0.25, -0.2) is 0 Å². The number of benzene rings is 2. The van der Waals surface area contributed by atoms with E-state index in [2.05, 4.69) is 56.6 Å². The van der Waals surface area contributed by atoms with Crippen molar-refractivity contribution in [1.82, 2.24) is 20.0 Å². The van der Waals surface area contributed by atoms with E-state index in [4.69, 9.17) is 11.6 Å². The number of hydrogen-bond donors (Lipinski definition) is 1. The van der Waals surface area contributed by atoms with E-state index < -0.39 is 0 Å². The molecule has 1 aromatic heterocycles. The van der Waals surface area contributed by atoms with Crippen molar-refractivity contribution in [3.63, 3.8) is 0 Å². The molecule has 0 unspecified atom stereocenters. The van der Waals surface area contributed by atoms with Crippen LogP contribution in [0.15, 0.2) is 48.7 Å². The van der Waals surface area contributed by atoms with Crippen LogP contribution < -0.4 is 5.32 Å². The standard InChI is InChI=1S/C21H24ClN5/c1-26-8-10-27(11-9-26)15-17-4-2-16(3-5-17)13-23-21-20-7-6-19(22)12-18(20)14-24-25-21/h2-7,12,14H,8-11,13,15H2,1H3,(H,23,25). The summed E-state index contributed by atoms with van der Waals surface area (Å²) in [6.07, 6.45) is 1.74. The number of nitrogens with one attached hydrogen (secondary N) is 1. The van der Waals surface area contributed by atoms with E-state index in [0.29, 0.717) is 11.6 Å². The smallest absolute Gasteiger partial charge is 0.156 e. The van der Waals surface area contributed by atoms with Gasteiger partial charge >= 0.3 is 0 Å². The topological polar surface area (TPSA) is 44.3 Å². The number of anilines is 1.